The Bertz CT molecular complexity index is 988. The number of piperidine rings is 1. The Labute approximate surface area is 158 Å². The SMILES string of the molecule is Cc1nc2ccc(C(=O)N3CC[C@@H](c4ccccc4)[C@H](O)C3)cc2nc1C. The Kier molecular flexibility index (Phi) is 4.62. The summed E-state index contributed by atoms with van der Waals surface area (Å²) in [4.78, 5) is 23.8. The van der Waals surface area contributed by atoms with Crippen molar-refractivity contribution in [2.24, 2.45) is 0 Å². The number of nitrogens with zero attached hydrogens (tertiary/aromatic N) is 3. The summed E-state index contributed by atoms with van der Waals surface area (Å²) in [5.41, 5.74) is 4.99. The Morgan fingerprint density at radius 3 is 2.44 bits per heavy atom. The van der Waals surface area contributed by atoms with Crippen molar-refractivity contribution in [3.8, 4) is 0 Å². The average molecular weight is 361 g/mol. The van der Waals surface area contributed by atoms with Crippen molar-refractivity contribution in [1.29, 1.82) is 0 Å². The van der Waals surface area contributed by atoms with Gasteiger partial charge in [-0.25, -0.2) is 9.97 Å². The fourth-order valence-electron chi connectivity index (χ4n) is 3.75. The highest BCUT2D eigenvalue weighted by Crippen LogP contribution is 2.29. The summed E-state index contributed by atoms with van der Waals surface area (Å²) in [6, 6.07) is 15.5. The van der Waals surface area contributed by atoms with Gasteiger partial charge in [0.05, 0.1) is 28.5 Å². The summed E-state index contributed by atoms with van der Waals surface area (Å²) in [6.45, 7) is 4.82. The van der Waals surface area contributed by atoms with Crippen LogP contribution in [0.25, 0.3) is 11.0 Å². The number of aliphatic hydroxyl groups is 1. The van der Waals surface area contributed by atoms with Crippen LogP contribution in [0.5, 0.6) is 0 Å². The Morgan fingerprint density at radius 2 is 1.74 bits per heavy atom. The van der Waals surface area contributed by atoms with Crippen LogP contribution in [0, 0.1) is 13.8 Å². The lowest BCUT2D eigenvalue weighted by atomic mass is 9.87. The van der Waals surface area contributed by atoms with Gasteiger partial charge in [0.25, 0.3) is 5.91 Å². The minimum absolute atomic E-state index is 0.0671. The van der Waals surface area contributed by atoms with Gasteiger partial charge in [0.2, 0.25) is 0 Å². The van der Waals surface area contributed by atoms with Gasteiger partial charge < -0.3 is 10.0 Å². The quantitative estimate of drug-likeness (QED) is 0.761. The molecule has 1 aliphatic rings. The van der Waals surface area contributed by atoms with Crippen molar-refractivity contribution in [2.45, 2.75) is 32.3 Å². The van der Waals surface area contributed by atoms with E-state index in [9.17, 15) is 9.90 Å². The lowest BCUT2D eigenvalue weighted by Gasteiger charge is -2.36. The fraction of sp³-hybridized carbons (Fsp3) is 0.318. The third kappa shape index (κ3) is 3.43. The van der Waals surface area contributed by atoms with Gasteiger partial charge in [0.1, 0.15) is 0 Å². The number of aliphatic hydroxyl groups excluding tert-OH is 1. The monoisotopic (exact) mass is 361 g/mol. The van der Waals surface area contributed by atoms with E-state index >= 15 is 0 Å². The number of amides is 1. The predicted octanol–water partition coefficient (Wildman–Crippen LogP) is 3.24. The summed E-state index contributed by atoms with van der Waals surface area (Å²) in [7, 11) is 0. The second-order valence-corrected chi connectivity index (χ2v) is 7.22. The van der Waals surface area contributed by atoms with Crippen molar-refractivity contribution in [3.63, 3.8) is 0 Å². The van der Waals surface area contributed by atoms with E-state index in [0.29, 0.717) is 18.7 Å². The first-order chi connectivity index (χ1) is 13.0. The highest BCUT2D eigenvalue weighted by atomic mass is 16.3. The van der Waals surface area contributed by atoms with Crippen LogP contribution in [0.1, 0.15) is 39.6 Å². The summed E-state index contributed by atoms with van der Waals surface area (Å²) in [6.07, 6.45) is 0.193. The lowest BCUT2D eigenvalue weighted by Crippen LogP contribution is -2.45. The Hall–Kier alpha value is -2.79. The third-order valence-corrected chi connectivity index (χ3v) is 5.42. The standard InChI is InChI=1S/C22H23N3O2/c1-14-15(2)24-20-12-17(8-9-19(20)23-14)22(27)25-11-10-18(21(26)13-25)16-6-4-3-5-7-16/h3-9,12,18,21,26H,10-11,13H2,1-2H3/t18-,21+/m0/s1. The molecule has 2 atom stereocenters. The minimum atomic E-state index is -0.560. The molecule has 5 heteroatoms. The van der Waals surface area contributed by atoms with Crippen LogP contribution in [0.15, 0.2) is 48.5 Å². The van der Waals surface area contributed by atoms with Crippen LogP contribution in [0.4, 0.5) is 0 Å². The number of carbonyl (C=O) groups is 1. The molecular formula is C22H23N3O2. The Morgan fingerprint density at radius 1 is 1.04 bits per heavy atom. The van der Waals surface area contributed by atoms with E-state index < -0.39 is 6.10 Å². The number of likely N-dealkylation sites (tertiary alicyclic amines) is 1. The largest absolute Gasteiger partial charge is 0.391 e. The molecule has 3 aromatic rings. The second-order valence-electron chi connectivity index (χ2n) is 7.22. The maximum Gasteiger partial charge on any atom is 0.254 e. The molecule has 2 aromatic carbocycles. The molecule has 0 aliphatic carbocycles. The number of hydrogen-bond donors (Lipinski definition) is 1. The zero-order valence-electron chi connectivity index (χ0n) is 15.6. The Balaban J connectivity index is 1.53. The molecule has 4 rings (SSSR count). The van der Waals surface area contributed by atoms with Crippen molar-refractivity contribution >= 4 is 16.9 Å². The lowest BCUT2D eigenvalue weighted by molar-refractivity contribution is 0.0382. The zero-order valence-corrected chi connectivity index (χ0v) is 15.6. The number of rotatable bonds is 2. The van der Waals surface area contributed by atoms with Crippen LogP contribution in [-0.2, 0) is 0 Å². The average Bonchev–Trinajstić information content (AvgIpc) is 2.68. The molecule has 138 valence electrons. The molecule has 5 nitrogen and oxygen atoms in total. The van der Waals surface area contributed by atoms with Gasteiger partial charge in [-0.3, -0.25) is 4.79 Å². The molecule has 1 amide bonds. The van der Waals surface area contributed by atoms with E-state index in [1.165, 1.54) is 0 Å². The first kappa shape index (κ1) is 17.6. The number of fused-ring (bicyclic) bond motifs is 1. The van der Waals surface area contributed by atoms with Crippen molar-refractivity contribution < 1.29 is 9.90 Å². The van der Waals surface area contributed by atoms with E-state index in [4.69, 9.17) is 0 Å². The molecule has 1 aliphatic heterocycles. The van der Waals surface area contributed by atoms with Gasteiger partial charge in [-0.05, 0) is 44.0 Å². The van der Waals surface area contributed by atoms with E-state index in [1.807, 2.05) is 50.2 Å². The molecule has 27 heavy (non-hydrogen) atoms. The number of aromatic nitrogens is 2. The number of hydrogen-bond acceptors (Lipinski definition) is 4. The molecule has 0 radical (unpaired) electrons. The predicted molar refractivity (Wildman–Crippen MR) is 105 cm³/mol. The fourth-order valence-corrected chi connectivity index (χ4v) is 3.75. The highest BCUT2D eigenvalue weighted by molar-refractivity contribution is 5.97. The molecule has 0 unspecified atom stereocenters. The van der Waals surface area contributed by atoms with Crippen LogP contribution in [0.3, 0.4) is 0 Å². The smallest absolute Gasteiger partial charge is 0.254 e. The van der Waals surface area contributed by atoms with Gasteiger partial charge in [-0.15, -0.1) is 0 Å². The summed E-state index contributed by atoms with van der Waals surface area (Å²) < 4.78 is 0. The maximum absolute atomic E-state index is 13.0. The molecule has 1 N–H and O–H groups in total. The zero-order chi connectivity index (χ0) is 19.0. The summed E-state index contributed by atoms with van der Waals surface area (Å²) in [5, 5.41) is 10.6. The van der Waals surface area contributed by atoms with Crippen molar-refractivity contribution in [3.05, 3.63) is 71.0 Å². The van der Waals surface area contributed by atoms with Crippen molar-refractivity contribution in [2.75, 3.05) is 13.1 Å². The van der Waals surface area contributed by atoms with Crippen LogP contribution < -0.4 is 0 Å². The van der Waals surface area contributed by atoms with E-state index in [-0.39, 0.29) is 11.8 Å². The topological polar surface area (TPSA) is 66.3 Å². The van der Waals surface area contributed by atoms with Crippen molar-refractivity contribution in [1.82, 2.24) is 14.9 Å². The molecule has 0 saturated carbocycles. The minimum Gasteiger partial charge on any atom is -0.391 e. The van der Waals surface area contributed by atoms with E-state index in [2.05, 4.69) is 9.97 Å². The first-order valence-electron chi connectivity index (χ1n) is 9.30. The number of carbonyl (C=O) groups excluding carboxylic acids is 1. The molecule has 1 fully saturated rings. The highest BCUT2D eigenvalue weighted by Gasteiger charge is 2.31. The molecule has 1 aromatic heterocycles. The van der Waals surface area contributed by atoms with Gasteiger partial charge in [-0.1, -0.05) is 30.3 Å². The second kappa shape index (κ2) is 7.08. The normalized spacial score (nSPS) is 20.0. The molecule has 1 saturated heterocycles. The van der Waals surface area contributed by atoms with E-state index in [0.717, 1.165) is 34.4 Å². The van der Waals surface area contributed by atoms with E-state index in [1.54, 1.807) is 17.0 Å². The first-order valence-corrected chi connectivity index (χ1v) is 9.30. The van der Waals surface area contributed by atoms with Gasteiger partial charge >= 0.3 is 0 Å². The molecular weight excluding hydrogens is 338 g/mol. The number of benzene rings is 2. The van der Waals surface area contributed by atoms with Crippen LogP contribution >= 0.6 is 0 Å². The number of β-amino-alcohol motifs (C(OH)–C–C–N with tert-alkyl or cyclic N) is 1. The number of aryl methyl sites for hydroxylation is 2. The summed E-state index contributed by atoms with van der Waals surface area (Å²) >= 11 is 0. The van der Waals surface area contributed by atoms with Crippen LogP contribution in [0.2, 0.25) is 0 Å². The third-order valence-electron chi connectivity index (χ3n) is 5.42. The maximum atomic E-state index is 13.0. The van der Waals surface area contributed by atoms with Gasteiger partial charge in [-0.2, -0.15) is 0 Å². The summed E-state index contributed by atoms with van der Waals surface area (Å²) in [5.74, 6) is 0.00540. The van der Waals surface area contributed by atoms with Crippen LogP contribution in [-0.4, -0.2) is 45.1 Å². The van der Waals surface area contributed by atoms with Gasteiger partial charge in [0.15, 0.2) is 0 Å². The van der Waals surface area contributed by atoms with Gasteiger partial charge in [0, 0.05) is 24.6 Å². The molecule has 2 heterocycles. The molecule has 0 bridgehead atoms. The molecule has 0 spiro atoms.